The van der Waals surface area contributed by atoms with Gasteiger partial charge in [0, 0.05) is 14.2 Å². The molecule has 1 fully saturated rings. The number of hydrogen-bond acceptors (Lipinski definition) is 4. The Kier molecular flexibility index (Phi) is 5.36. The van der Waals surface area contributed by atoms with Crippen LogP contribution in [0.4, 0.5) is 5.69 Å². The lowest BCUT2D eigenvalue weighted by Crippen LogP contribution is -2.48. The first-order valence-corrected chi connectivity index (χ1v) is 8.85. The molecule has 2 N–H and O–H groups in total. The standard InChI is InChI=1S/C17H13ClIN3O3/c18-11-4-6-13(7-5-11)22-15(23)9-14(17(22)25)20-21-16(24)10-2-1-3-12(19)8-10/h1-8,14,20H,9H2,(H,21,24)/t14-/m1/s1. The van der Waals surface area contributed by atoms with Crippen LogP contribution in [0.5, 0.6) is 0 Å². The van der Waals surface area contributed by atoms with Gasteiger partial charge in [-0.15, -0.1) is 0 Å². The molecule has 128 valence electrons. The maximum Gasteiger partial charge on any atom is 0.265 e. The number of hydrazine groups is 1. The van der Waals surface area contributed by atoms with E-state index in [1.54, 1.807) is 42.5 Å². The summed E-state index contributed by atoms with van der Waals surface area (Å²) in [6.07, 6.45) is -0.0337. The maximum atomic E-state index is 12.5. The number of halogens is 2. The zero-order valence-electron chi connectivity index (χ0n) is 12.8. The highest BCUT2D eigenvalue weighted by atomic mass is 127. The number of amides is 3. The summed E-state index contributed by atoms with van der Waals surface area (Å²) in [6.45, 7) is 0. The number of hydrogen-bond donors (Lipinski definition) is 2. The van der Waals surface area contributed by atoms with Crippen molar-refractivity contribution in [1.82, 2.24) is 10.9 Å². The van der Waals surface area contributed by atoms with Gasteiger partial charge in [-0.25, -0.2) is 10.3 Å². The molecule has 1 aliphatic rings. The fraction of sp³-hybridized carbons (Fsp3) is 0.118. The van der Waals surface area contributed by atoms with Crippen LogP contribution in [0.3, 0.4) is 0 Å². The average molecular weight is 470 g/mol. The normalized spacial score (nSPS) is 17.0. The summed E-state index contributed by atoms with van der Waals surface area (Å²) in [7, 11) is 0. The SMILES string of the molecule is O=C(NN[C@@H]1CC(=O)N(c2ccc(Cl)cc2)C1=O)c1cccc(I)c1. The van der Waals surface area contributed by atoms with Gasteiger partial charge in [0.05, 0.1) is 12.1 Å². The minimum atomic E-state index is -0.810. The molecule has 0 radical (unpaired) electrons. The fourth-order valence-corrected chi connectivity index (χ4v) is 3.13. The maximum absolute atomic E-state index is 12.5. The van der Waals surface area contributed by atoms with Crippen LogP contribution < -0.4 is 15.8 Å². The minimum Gasteiger partial charge on any atom is -0.287 e. The zero-order valence-corrected chi connectivity index (χ0v) is 15.7. The molecule has 8 heteroatoms. The third-order valence-corrected chi connectivity index (χ3v) is 4.60. The van der Waals surface area contributed by atoms with E-state index in [2.05, 4.69) is 33.4 Å². The molecule has 0 bridgehead atoms. The van der Waals surface area contributed by atoms with Gasteiger partial charge < -0.3 is 0 Å². The third kappa shape index (κ3) is 4.00. The van der Waals surface area contributed by atoms with Gasteiger partial charge in [-0.1, -0.05) is 17.7 Å². The summed E-state index contributed by atoms with van der Waals surface area (Å²) in [5, 5.41) is 0.516. The second-order valence-electron chi connectivity index (χ2n) is 5.41. The van der Waals surface area contributed by atoms with Crippen LogP contribution in [0.2, 0.25) is 5.02 Å². The molecule has 0 saturated carbocycles. The quantitative estimate of drug-likeness (QED) is 0.410. The lowest BCUT2D eigenvalue weighted by Gasteiger charge is -2.16. The average Bonchev–Trinajstić information content (AvgIpc) is 2.87. The summed E-state index contributed by atoms with van der Waals surface area (Å²) in [5.41, 5.74) is 6.05. The second kappa shape index (κ2) is 7.51. The Morgan fingerprint density at radius 3 is 2.56 bits per heavy atom. The molecule has 0 aliphatic carbocycles. The monoisotopic (exact) mass is 469 g/mol. The number of nitrogens with one attached hydrogen (secondary N) is 2. The summed E-state index contributed by atoms with van der Waals surface area (Å²) in [4.78, 5) is 37.8. The van der Waals surface area contributed by atoms with E-state index in [0.717, 1.165) is 8.47 Å². The number of carbonyl (C=O) groups is 3. The lowest BCUT2D eigenvalue weighted by atomic mass is 10.2. The van der Waals surface area contributed by atoms with Gasteiger partial charge in [-0.2, -0.15) is 0 Å². The van der Waals surface area contributed by atoms with Gasteiger partial charge in [0.25, 0.3) is 11.8 Å². The first-order chi connectivity index (χ1) is 12.0. The highest BCUT2D eigenvalue weighted by molar-refractivity contribution is 14.1. The van der Waals surface area contributed by atoms with Gasteiger partial charge in [-0.05, 0) is 65.1 Å². The van der Waals surface area contributed by atoms with Crippen molar-refractivity contribution in [3.63, 3.8) is 0 Å². The molecule has 1 heterocycles. The van der Waals surface area contributed by atoms with Crippen molar-refractivity contribution in [2.45, 2.75) is 12.5 Å². The molecule has 25 heavy (non-hydrogen) atoms. The molecule has 1 atom stereocenters. The lowest BCUT2D eigenvalue weighted by molar-refractivity contribution is -0.121. The van der Waals surface area contributed by atoms with Crippen LogP contribution in [0, 0.1) is 3.57 Å². The Labute approximate surface area is 162 Å². The Bertz CT molecular complexity index is 841. The predicted molar refractivity (Wildman–Crippen MR) is 102 cm³/mol. The van der Waals surface area contributed by atoms with Crippen molar-refractivity contribution in [3.05, 3.63) is 62.7 Å². The molecule has 0 aromatic heterocycles. The van der Waals surface area contributed by atoms with E-state index in [4.69, 9.17) is 11.6 Å². The van der Waals surface area contributed by atoms with Gasteiger partial charge in [-0.3, -0.25) is 19.8 Å². The van der Waals surface area contributed by atoms with Crippen molar-refractivity contribution >= 4 is 57.6 Å². The van der Waals surface area contributed by atoms with E-state index >= 15 is 0 Å². The zero-order chi connectivity index (χ0) is 18.0. The highest BCUT2D eigenvalue weighted by Crippen LogP contribution is 2.24. The van der Waals surface area contributed by atoms with Crippen molar-refractivity contribution in [3.8, 4) is 0 Å². The van der Waals surface area contributed by atoms with Crippen molar-refractivity contribution in [2.24, 2.45) is 0 Å². The largest absolute Gasteiger partial charge is 0.287 e. The van der Waals surface area contributed by atoms with Gasteiger partial charge >= 0.3 is 0 Å². The topological polar surface area (TPSA) is 78.5 Å². The summed E-state index contributed by atoms with van der Waals surface area (Å²) in [6, 6.07) is 12.6. The fourth-order valence-electron chi connectivity index (χ4n) is 2.46. The summed E-state index contributed by atoms with van der Waals surface area (Å²) < 4.78 is 0.922. The molecular formula is C17H13ClIN3O3. The third-order valence-electron chi connectivity index (χ3n) is 3.68. The molecule has 3 rings (SSSR count). The van der Waals surface area contributed by atoms with Gasteiger partial charge in [0.2, 0.25) is 5.91 Å². The van der Waals surface area contributed by atoms with Crippen LogP contribution in [-0.2, 0) is 9.59 Å². The van der Waals surface area contributed by atoms with Crippen molar-refractivity contribution in [2.75, 3.05) is 4.90 Å². The molecule has 2 aromatic carbocycles. The highest BCUT2D eigenvalue weighted by Gasteiger charge is 2.39. The summed E-state index contributed by atoms with van der Waals surface area (Å²) >= 11 is 7.93. The van der Waals surface area contributed by atoms with E-state index in [9.17, 15) is 14.4 Å². The minimum absolute atomic E-state index is 0.0337. The molecule has 6 nitrogen and oxygen atoms in total. The van der Waals surface area contributed by atoms with Gasteiger partial charge in [0.1, 0.15) is 6.04 Å². The number of anilines is 1. The van der Waals surface area contributed by atoms with Gasteiger partial charge in [0.15, 0.2) is 0 Å². The number of benzene rings is 2. The van der Waals surface area contributed by atoms with E-state index in [1.807, 2.05) is 6.07 Å². The van der Waals surface area contributed by atoms with Crippen molar-refractivity contribution in [1.29, 1.82) is 0 Å². The predicted octanol–water partition coefficient (Wildman–Crippen LogP) is 2.51. The van der Waals surface area contributed by atoms with E-state index in [0.29, 0.717) is 16.3 Å². The van der Waals surface area contributed by atoms with Crippen LogP contribution in [-0.4, -0.2) is 23.8 Å². The second-order valence-corrected chi connectivity index (χ2v) is 7.09. The van der Waals surface area contributed by atoms with E-state index in [1.165, 1.54) is 0 Å². The molecule has 1 aliphatic heterocycles. The molecule has 2 aromatic rings. The molecular weight excluding hydrogens is 457 g/mol. The molecule has 0 unspecified atom stereocenters. The number of carbonyl (C=O) groups excluding carboxylic acids is 3. The Balaban J connectivity index is 1.66. The van der Waals surface area contributed by atoms with Crippen LogP contribution in [0.15, 0.2) is 48.5 Å². The number of rotatable bonds is 4. The summed E-state index contributed by atoms with van der Waals surface area (Å²) in [5.74, 6) is -1.13. The van der Waals surface area contributed by atoms with Crippen LogP contribution >= 0.6 is 34.2 Å². The Hall–Kier alpha value is -1.97. The van der Waals surface area contributed by atoms with Crippen LogP contribution in [0.1, 0.15) is 16.8 Å². The first kappa shape index (κ1) is 17.8. The Morgan fingerprint density at radius 1 is 1.16 bits per heavy atom. The number of nitrogens with zero attached hydrogens (tertiary/aromatic N) is 1. The molecule has 3 amide bonds. The van der Waals surface area contributed by atoms with Crippen molar-refractivity contribution < 1.29 is 14.4 Å². The first-order valence-electron chi connectivity index (χ1n) is 7.39. The number of imide groups is 1. The molecule has 1 saturated heterocycles. The Morgan fingerprint density at radius 2 is 1.88 bits per heavy atom. The van der Waals surface area contributed by atoms with Crippen LogP contribution in [0.25, 0.3) is 0 Å². The smallest absolute Gasteiger partial charge is 0.265 e. The van der Waals surface area contributed by atoms with E-state index in [-0.39, 0.29) is 18.2 Å². The molecule has 0 spiro atoms. The van der Waals surface area contributed by atoms with E-state index < -0.39 is 11.9 Å².